The van der Waals surface area contributed by atoms with Gasteiger partial charge in [-0.25, -0.2) is 8.42 Å². The van der Waals surface area contributed by atoms with Gasteiger partial charge in [-0.15, -0.1) is 0 Å². The van der Waals surface area contributed by atoms with E-state index in [0.717, 1.165) is 6.42 Å². The quantitative estimate of drug-likeness (QED) is 0.893. The van der Waals surface area contributed by atoms with E-state index in [4.69, 9.17) is 10.5 Å². The van der Waals surface area contributed by atoms with Crippen LogP contribution in [0.5, 0.6) is 5.75 Å². The van der Waals surface area contributed by atoms with Gasteiger partial charge in [-0.1, -0.05) is 0 Å². The van der Waals surface area contributed by atoms with E-state index in [2.05, 4.69) is 0 Å². The van der Waals surface area contributed by atoms with Gasteiger partial charge in [0, 0.05) is 19.1 Å². The van der Waals surface area contributed by atoms with Gasteiger partial charge in [0.2, 0.25) is 10.0 Å². The van der Waals surface area contributed by atoms with Crippen LogP contribution in [0.3, 0.4) is 0 Å². The number of nitrogens with zero attached hydrogens (tertiary/aromatic N) is 1. The summed E-state index contributed by atoms with van der Waals surface area (Å²) in [5, 5.41) is 0. The standard InChI is InChI=1S/C14H22N2O3S/c1-3-19-13-4-6-14(7-5-13)20(17,18)16-9-8-12(10-16)11(2)15/h4-7,11-12H,3,8-10,15H2,1-2H3. The molecule has 2 rings (SSSR count). The van der Waals surface area contributed by atoms with Crippen LogP contribution < -0.4 is 10.5 Å². The molecular weight excluding hydrogens is 276 g/mol. The van der Waals surface area contributed by atoms with Crippen molar-refractivity contribution in [1.82, 2.24) is 4.31 Å². The molecule has 2 N–H and O–H groups in total. The Bertz CT molecular complexity index is 540. The third kappa shape index (κ3) is 3.13. The lowest BCUT2D eigenvalue weighted by Gasteiger charge is -2.18. The van der Waals surface area contributed by atoms with Crippen LogP contribution in [0.1, 0.15) is 20.3 Å². The van der Waals surface area contributed by atoms with Crippen LogP contribution in [0.25, 0.3) is 0 Å². The van der Waals surface area contributed by atoms with Gasteiger partial charge in [0.1, 0.15) is 5.75 Å². The van der Waals surface area contributed by atoms with Crippen LogP contribution >= 0.6 is 0 Å². The lowest BCUT2D eigenvalue weighted by molar-refractivity contribution is 0.340. The molecule has 1 aromatic carbocycles. The molecule has 1 heterocycles. The average Bonchev–Trinajstić information content (AvgIpc) is 2.90. The first-order valence-corrected chi connectivity index (χ1v) is 8.37. The average molecular weight is 298 g/mol. The summed E-state index contributed by atoms with van der Waals surface area (Å²) >= 11 is 0. The highest BCUT2D eigenvalue weighted by molar-refractivity contribution is 7.89. The first-order valence-electron chi connectivity index (χ1n) is 6.93. The summed E-state index contributed by atoms with van der Waals surface area (Å²) in [4.78, 5) is 0.311. The Hall–Kier alpha value is -1.11. The van der Waals surface area contributed by atoms with Crippen molar-refractivity contribution in [1.29, 1.82) is 0 Å². The minimum Gasteiger partial charge on any atom is -0.494 e. The van der Waals surface area contributed by atoms with E-state index in [1.54, 1.807) is 24.3 Å². The van der Waals surface area contributed by atoms with Gasteiger partial charge < -0.3 is 10.5 Å². The summed E-state index contributed by atoms with van der Waals surface area (Å²) in [6.45, 7) is 5.43. The van der Waals surface area contributed by atoms with E-state index in [9.17, 15) is 8.42 Å². The molecule has 1 fully saturated rings. The highest BCUT2D eigenvalue weighted by Gasteiger charge is 2.33. The molecule has 1 aliphatic heterocycles. The van der Waals surface area contributed by atoms with Crippen molar-refractivity contribution in [2.24, 2.45) is 11.7 Å². The van der Waals surface area contributed by atoms with Gasteiger partial charge in [-0.05, 0) is 50.5 Å². The Morgan fingerprint density at radius 1 is 1.40 bits per heavy atom. The summed E-state index contributed by atoms with van der Waals surface area (Å²) < 4.78 is 31.9. The molecule has 0 saturated carbocycles. The zero-order chi connectivity index (χ0) is 14.8. The van der Waals surface area contributed by atoms with Gasteiger partial charge in [-0.2, -0.15) is 4.31 Å². The molecule has 6 heteroatoms. The van der Waals surface area contributed by atoms with Crippen LogP contribution in [0.2, 0.25) is 0 Å². The molecule has 0 bridgehead atoms. The number of nitrogens with two attached hydrogens (primary N) is 1. The lowest BCUT2D eigenvalue weighted by Crippen LogP contribution is -2.33. The Morgan fingerprint density at radius 3 is 2.55 bits per heavy atom. The third-order valence-corrected chi connectivity index (χ3v) is 5.58. The van der Waals surface area contributed by atoms with Crippen LogP contribution in [0, 0.1) is 5.92 Å². The second kappa shape index (κ2) is 6.11. The van der Waals surface area contributed by atoms with Crippen molar-refractivity contribution in [2.75, 3.05) is 19.7 Å². The molecule has 112 valence electrons. The highest BCUT2D eigenvalue weighted by atomic mass is 32.2. The van der Waals surface area contributed by atoms with Crippen LogP contribution in [-0.2, 0) is 10.0 Å². The first-order chi connectivity index (χ1) is 9.45. The summed E-state index contributed by atoms with van der Waals surface area (Å²) in [5.41, 5.74) is 5.86. The van der Waals surface area contributed by atoms with Crippen molar-refractivity contribution in [3.8, 4) is 5.75 Å². The van der Waals surface area contributed by atoms with E-state index < -0.39 is 10.0 Å². The fraction of sp³-hybridized carbons (Fsp3) is 0.571. The van der Waals surface area contributed by atoms with Crippen molar-refractivity contribution >= 4 is 10.0 Å². The topological polar surface area (TPSA) is 72.6 Å². The van der Waals surface area contributed by atoms with E-state index in [1.165, 1.54) is 4.31 Å². The number of benzene rings is 1. The van der Waals surface area contributed by atoms with Gasteiger partial charge >= 0.3 is 0 Å². The molecule has 0 aliphatic carbocycles. The molecule has 2 atom stereocenters. The maximum Gasteiger partial charge on any atom is 0.243 e. The molecule has 5 nitrogen and oxygen atoms in total. The zero-order valence-electron chi connectivity index (χ0n) is 12.0. The predicted molar refractivity (Wildman–Crippen MR) is 78.1 cm³/mol. The van der Waals surface area contributed by atoms with Gasteiger partial charge in [0.05, 0.1) is 11.5 Å². The molecule has 1 saturated heterocycles. The molecule has 1 aromatic rings. The van der Waals surface area contributed by atoms with Crippen LogP contribution in [-0.4, -0.2) is 38.5 Å². The SMILES string of the molecule is CCOc1ccc(S(=O)(=O)N2CCC(C(C)N)C2)cc1. The lowest BCUT2D eigenvalue weighted by atomic mass is 10.0. The van der Waals surface area contributed by atoms with E-state index >= 15 is 0 Å². The Balaban J connectivity index is 2.14. The number of hydrogen-bond acceptors (Lipinski definition) is 4. The van der Waals surface area contributed by atoms with Crippen molar-refractivity contribution in [2.45, 2.75) is 31.2 Å². The fourth-order valence-electron chi connectivity index (χ4n) is 2.42. The summed E-state index contributed by atoms with van der Waals surface area (Å²) in [6, 6.07) is 6.60. The number of hydrogen-bond donors (Lipinski definition) is 1. The largest absolute Gasteiger partial charge is 0.494 e. The van der Waals surface area contributed by atoms with Gasteiger partial charge in [0.15, 0.2) is 0 Å². The summed E-state index contributed by atoms with van der Waals surface area (Å²) in [5.74, 6) is 0.925. The Labute approximate surface area is 120 Å². The van der Waals surface area contributed by atoms with E-state index in [0.29, 0.717) is 30.3 Å². The molecule has 1 aliphatic rings. The molecule has 0 aromatic heterocycles. The monoisotopic (exact) mass is 298 g/mol. The van der Waals surface area contributed by atoms with Crippen molar-refractivity contribution < 1.29 is 13.2 Å². The third-order valence-electron chi connectivity index (χ3n) is 3.70. The zero-order valence-corrected chi connectivity index (χ0v) is 12.8. The smallest absolute Gasteiger partial charge is 0.243 e. The number of sulfonamides is 1. The van der Waals surface area contributed by atoms with Gasteiger partial charge in [0.25, 0.3) is 0 Å². The fourth-order valence-corrected chi connectivity index (χ4v) is 3.94. The highest BCUT2D eigenvalue weighted by Crippen LogP contribution is 2.26. The molecule has 2 unspecified atom stereocenters. The first kappa shape index (κ1) is 15.3. The van der Waals surface area contributed by atoms with Gasteiger partial charge in [-0.3, -0.25) is 0 Å². The number of rotatable bonds is 5. The van der Waals surface area contributed by atoms with E-state index in [1.807, 2.05) is 13.8 Å². The molecule has 0 radical (unpaired) electrons. The second-order valence-electron chi connectivity index (χ2n) is 5.18. The molecule has 0 amide bonds. The minimum atomic E-state index is -3.41. The second-order valence-corrected chi connectivity index (χ2v) is 7.11. The van der Waals surface area contributed by atoms with Crippen molar-refractivity contribution in [3.05, 3.63) is 24.3 Å². The molecule has 0 spiro atoms. The van der Waals surface area contributed by atoms with Crippen LogP contribution in [0.4, 0.5) is 0 Å². The predicted octanol–water partition coefficient (Wildman–Crippen LogP) is 1.44. The summed E-state index contributed by atoms with van der Waals surface area (Å²) in [7, 11) is -3.41. The Morgan fingerprint density at radius 2 is 2.05 bits per heavy atom. The summed E-state index contributed by atoms with van der Waals surface area (Å²) in [6.07, 6.45) is 0.827. The normalized spacial score (nSPS) is 21.9. The maximum absolute atomic E-state index is 12.5. The minimum absolute atomic E-state index is 0.0236. The maximum atomic E-state index is 12.5. The van der Waals surface area contributed by atoms with Crippen molar-refractivity contribution in [3.63, 3.8) is 0 Å². The van der Waals surface area contributed by atoms with Crippen LogP contribution in [0.15, 0.2) is 29.2 Å². The van der Waals surface area contributed by atoms with E-state index in [-0.39, 0.29) is 12.0 Å². The Kier molecular flexibility index (Phi) is 4.67. The molecular formula is C14H22N2O3S. The number of ether oxygens (including phenoxy) is 1. The molecule has 20 heavy (non-hydrogen) atoms.